The van der Waals surface area contributed by atoms with Crippen LogP contribution in [0, 0.1) is 0 Å². The molecule has 4 amide bonds. The van der Waals surface area contributed by atoms with Crippen molar-refractivity contribution in [1.29, 1.82) is 0 Å². The molecule has 262 valence electrons. The number of piperazine rings is 1. The van der Waals surface area contributed by atoms with Gasteiger partial charge in [-0.3, -0.25) is 15.0 Å². The monoisotopic (exact) mass is 711 g/mol. The Bertz CT molecular complexity index is 1490. The molecule has 3 saturated heterocycles. The molecule has 5 heterocycles. The van der Waals surface area contributed by atoms with Crippen LogP contribution in [0.1, 0.15) is 42.4 Å². The number of fused-ring (bicyclic) bond motifs is 1. The number of hydrogen-bond acceptors (Lipinski definition) is 8. The lowest BCUT2D eigenvalue weighted by Gasteiger charge is -2.41. The number of rotatable bonds is 7. The number of amides is 4. The molecule has 0 radical (unpaired) electrons. The molecule has 4 aliphatic rings. The van der Waals surface area contributed by atoms with Gasteiger partial charge in [-0.05, 0) is 54.8 Å². The quantitative estimate of drug-likeness (QED) is 0.375. The van der Waals surface area contributed by atoms with E-state index in [4.69, 9.17) is 16.3 Å². The molecule has 0 unspecified atom stereocenters. The van der Waals surface area contributed by atoms with E-state index in [9.17, 15) is 27.6 Å². The van der Waals surface area contributed by atoms with E-state index in [2.05, 4.69) is 20.9 Å². The number of carbonyl (C=O) groups is 3. The van der Waals surface area contributed by atoms with Crippen LogP contribution in [0.25, 0.3) is 0 Å². The second kappa shape index (κ2) is 14.7. The van der Waals surface area contributed by atoms with Crippen molar-refractivity contribution in [2.24, 2.45) is 0 Å². The van der Waals surface area contributed by atoms with Crippen LogP contribution in [-0.4, -0.2) is 115 Å². The van der Waals surface area contributed by atoms with Gasteiger partial charge in [0.15, 0.2) is 6.10 Å². The fourth-order valence-electron chi connectivity index (χ4n) is 7.20. The van der Waals surface area contributed by atoms with Gasteiger partial charge in [-0.15, -0.1) is 11.3 Å². The number of likely N-dealkylation sites (tertiary alicyclic amines) is 2. The summed E-state index contributed by atoms with van der Waals surface area (Å²) in [5, 5.41) is 11.4. The zero-order valence-corrected chi connectivity index (χ0v) is 28.4. The van der Waals surface area contributed by atoms with E-state index in [1.165, 1.54) is 29.4 Å². The fraction of sp³-hybridized carbons (Fsp3) is 0.594. The van der Waals surface area contributed by atoms with E-state index >= 15 is 0 Å². The van der Waals surface area contributed by atoms with E-state index in [0.29, 0.717) is 51.6 Å². The summed E-state index contributed by atoms with van der Waals surface area (Å²) in [5.41, 5.74) is -0.0318. The lowest BCUT2D eigenvalue weighted by atomic mass is 9.99. The lowest BCUT2D eigenvalue weighted by molar-refractivity contribution is -0.142. The SMILES string of the molecule is CNc1c(Cl)cc(C[C@@H](OC(=O)N2CCC(N3Cc4ccsc4NC3=O)CC2)C(=O)N2CCC(N3CCNCC3)CC2)cc1C(F)(F)F. The van der Waals surface area contributed by atoms with Crippen molar-refractivity contribution in [2.75, 3.05) is 70.0 Å². The molecule has 0 bridgehead atoms. The van der Waals surface area contributed by atoms with Crippen molar-refractivity contribution in [3.8, 4) is 0 Å². The summed E-state index contributed by atoms with van der Waals surface area (Å²) in [4.78, 5) is 47.6. The van der Waals surface area contributed by atoms with Gasteiger partial charge in [0.1, 0.15) is 5.00 Å². The highest BCUT2D eigenvalue weighted by Crippen LogP contribution is 2.40. The number of anilines is 2. The Morgan fingerprint density at radius 2 is 1.71 bits per heavy atom. The van der Waals surface area contributed by atoms with Gasteiger partial charge in [-0.25, -0.2) is 9.59 Å². The minimum atomic E-state index is -4.69. The van der Waals surface area contributed by atoms with Gasteiger partial charge >= 0.3 is 18.3 Å². The first-order chi connectivity index (χ1) is 23.0. The van der Waals surface area contributed by atoms with Crippen molar-refractivity contribution >= 4 is 51.7 Å². The summed E-state index contributed by atoms with van der Waals surface area (Å²) < 4.78 is 47.8. The van der Waals surface area contributed by atoms with Crippen LogP contribution in [0.2, 0.25) is 5.02 Å². The van der Waals surface area contributed by atoms with E-state index in [0.717, 1.165) is 55.7 Å². The van der Waals surface area contributed by atoms with Gasteiger partial charge < -0.3 is 30.1 Å². The Labute approximate surface area is 286 Å². The van der Waals surface area contributed by atoms with Crippen LogP contribution in [-0.2, 0) is 28.7 Å². The van der Waals surface area contributed by atoms with Gasteiger partial charge in [0, 0.05) is 83.5 Å². The van der Waals surface area contributed by atoms with E-state index < -0.39 is 29.8 Å². The number of hydrogen-bond donors (Lipinski definition) is 3. The fourth-order valence-corrected chi connectivity index (χ4v) is 8.33. The summed E-state index contributed by atoms with van der Waals surface area (Å²) in [5.74, 6) is -0.434. The molecule has 0 saturated carbocycles. The Morgan fingerprint density at radius 1 is 1.04 bits per heavy atom. The smallest absolute Gasteiger partial charge is 0.418 e. The molecule has 1 aromatic carbocycles. The molecule has 16 heteroatoms. The number of urea groups is 1. The number of halogens is 4. The maximum Gasteiger partial charge on any atom is 0.418 e. The van der Waals surface area contributed by atoms with Crippen LogP contribution in [0.5, 0.6) is 0 Å². The summed E-state index contributed by atoms with van der Waals surface area (Å²) in [6.45, 7) is 5.76. The van der Waals surface area contributed by atoms with Gasteiger partial charge in [0.05, 0.1) is 22.8 Å². The second-order valence-corrected chi connectivity index (χ2v) is 14.0. The maximum atomic E-state index is 14.0. The maximum absolute atomic E-state index is 14.0. The Hall–Kier alpha value is -3.27. The molecule has 4 aliphatic heterocycles. The highest BCUT2D eigenvalue weighted by molar-refractivity contribution is 7.14. The molecule has 3 N–H and O–H groups in total. The first-order valence-electron chi connectivity index (χ1n) is 16.4. The Balaban J connectivity index is 1.14. The number of nitrogens with one attached hydrogen (secondary N) is 3. The van der Waals surface area contributed by atoms with E-state index in [1.807, 2.05) is 11.4 Å². The van der Waals surface area contributed by atoms with Crippen LogP contribution in [0.3, 0.4) is 0 Å². The van der Waals surface area contributed by atoms with Gasteiger partial charge in [-0.1, -0.05) is 11.6 Å². The molecule has 6 rings (SSSR count). The summed E-state index contributed by atoms with van der Waals surface area (Å²) in [7, 11) is 1.36. The predicted molar refractivity (Wildman–Crippen MR) is 177 cm³/mol. The highest BCUT2D eigenvalue weighted by atomic mass is 35.5. The van der Waals surface area contributed by atoms with Gasteiger partial charge in [0.2, 0.25) is 0 Å². The molecule has 1 aromatic heterocycles. The third-order valence-electron chi connectivity index (χ3n) is 9.82. The van der Waals surface area contributed by atoms with Crippen molar-refractivity contribution in [3.63, 3.8) is 0 Å². The molecule has 3 fully saturated rings. The molecular formula is C32H41ClF3N7O4S. The third-order valence-corrected chi connectivity index (χ3v) is 11.0. The van der Waals surface area contributed by atoms with Crippen LogP contribution >= 0.6 is 22.9 Å². The zero-order chi connectivity index (χ0) is 34.0. The molecular weight excluding hydrogens is 671 g/mol. The number of carbonyl (C=O) groups excluding carboxylic acids is 3. The lowest BCUT2D eigenvalue weighted by Crippen LogP contribution is -2.54. The van der Waals surface area contributed by atoms with Crippen molar-refractivity contribution < 1.29 is 32.3 Å². The normalized spacial score (nSPS) is 20.7. The van der Waals surface area contributed by atoms with Crippen molar-refractivity contribution in [1.82, 2.24) is 24.9 Å². The Kier molecular flexibility index (Phi) is 10.6. The number of piperidine rings is 2. The zero-order valence-electron chi connectivity index (χ0n) is 26.8. The highest BCUT2D eigenvalue weighted by Gasteiger charge is 2.39. The average molecular weight is 712 g/mol. The largest absolute Gasteiger partial charge is 0.436 e. The minimum absolute atomic E-state index is 0.0786. The molecule has 11 nitrogen and oxygen atoms in total. The Morgan fingerprint density at radius 3 is 2.38 bits per heavy atom. The van der Waals surface area contributed by atoms with Crippen molar-refractivity contribution in [2.45, 2.75) is 63.0 Å². The van der Waals surface area contributed by atoms with Crippen LogP contribution < -0.4 is 16.0 Å². The standard InChI is InChI=1S/C32H41ClF3N7O4S/c1-37-27-24(32(34,35)36)16-20(17-25(27)33)18-26(29(44)41-9-2-22(3-10-41)40-13-7-38-8-14-40)47-31(46)42-11-4-23(5-12-42)43-19-21-6-15-48-28(21)39-30(43)45/h6,15-17,22-23,26,37-38H,2-5,7-14,18-19H2,1H3,(H,39,45)/t26-/m1/s1. The summed E-state index contributed by atoms with van der Waals surface area (Å²) in [6.07, 6.45) is -4.43. The van der Waals surface area contributed by atoms with Gasteiger partial charge in [0.25, 0.3) is 5.91 Å². The van der Waals surface area contributed by atoms with E-state index in [-0.39, 0.29) is 34.8 Å². The summed E-state index contributed by atoms with van der Waals surface area (Å²) >= 11 is 7.75. The number of thiophene rings is 1. The second-order valence-electron chi connectivity index (χ2n) is 12.7. The molecule has 0 spiro atoms. The van der Waals surface area contributed by atoms with Crippen LogP contribution in [0.4, 0.5) is 33.4 Å². The first-order valence-corrected chi connectivity index (χ1v) is 17.7. The van der Waals surface area contributed by atoms with Crippen molar-refractivity contribution in [3.05, 3.63) is 45.3 Å². The molecule has 0 aliphatic carbocycles. The number of ether oxygens (including phenoxy) is 1. The number of alkyl halides is 3. The van der Waals surface area contributed by atoms with E-state index in [1.54, 1.807) is 9.80 Å². The number of nitrogens with zero attached hydrogens (tertiary/aromatic N) is 4. The van der Waals surface area contributed by atoms with Crippen LogP contribution in [0.15, 0.2) is 23.6 Å². The minimum Gasteiger partial charge on any atom is -0.436 e. The summed E-state index contributed by atoms with van der Waals surface area (Å²) in [6, 6.07) is 4.41. The first kappa shape index (κ1) is 34.6. The molecule has 2 aromatic rings. The third kappa shape index (κ3) is 7.63. The molecule has 1 atom stereocenters. The number of benzene rings is 1. The van der Waals surface area contributed by atoms with Gasteiger partial charge in [-0.2, -0.15) is 13.2 Å². The topological polar surface area (TPSA) is 109 Å². The predicted octanol–water partition coefficient (Wildman–Crippen LogP) is 4.92. The molecule has 48 heavy (non-hydrogen) atoms. The average Bonchev–Trinajstić information content (AvgIpc) is 3.54.